The lowest BCUT2D eigenvalue weighted by molar-refractivity contribution is -0.697. The fourth-order valence-corrected chi connectivity index (χ4v) is 6.66. The molecular weight excluding hydrogens is 630 g/mol. The Labute approximate surface area is 294 Å². The summed E-state index contributed by atoms with van der Waals surface area (Å²) in [7, 11) is 0. The summed E-state index contributed by atoms with van der Waals surface area (Å²) in [6.07, 6.45) is 28.8. The first kappa shape index (κ1) is 41.2. The highest BCUT2D eigenvalue weighted by molar-refractivity contribution is 7.91. The molecule has 47 heavy (non-hydrogen) atoms. The van der Waals surface area contributed by atoms with Gasteiger partial charge in [-0.2, -0.15) is 0 Å². The maximum Gasteiger partial charge on any atom is 0.316 e. The number of aromatic nitrogens is 3. The van der Waals surface area contributed by atoms with E-state index in [0.717, 1.165) is 13.0 Å². The molecule has 0 N–H and O–H groups in total. The Kier molecular flexibility index (Phi) is 24.5. The SMILES string of the molecule is CCCCCCCCCCCCCCCCCCOCC(C[S+]([O-])CCOCC[n+]1ccc2ccccc2c1)Oc1ncccn1.[Cl-]. The molecule has 0 saturated heterocycles. The van der Waals surface area contributed by atoms with Gasteiger partial charge in [-0.25, -0.2) is 14.5 Å². The number of nitrogens with zero attached hydrogens (tertiary/aromatic N) is 3. The van der Waals surface area contributed by atoms with Crippen LogP contribution in [-0.2, 0) is 27.2 Å². The van der Waals surface area contributed by atoms with Crippen LogP contribution in [0.4, 0.5) is 0 Å². The van der Waals surface area contributed by atoms with Crippen LogP contribution in [0.2, 0.25) is 0 Å². The maximum absolute atomic E-state index is 12.9. The highest BCUT2D eigenvalue weighted by Gasteiger charge is 2.20. The first-order valence-electron chi connectivity index (χ1n) is 18.1. The van der Waals surface area contributed by atoms with Crippen molar-refractivity contribution in [2.45, 2.75) is 122 Å². The van der Waals surface area contributed by atoms with Gasteiger partial charge in [0.1, 0.15) is 18.1 Å². The summed E-state index contributed by atoms with van der Waals surface area (Å²) >= 11 is -1.10. The fourth-order valence-electron chi connectivity index (χ4n) is 5.61. The molecule has 9 heteroatoms. The van der Waals surface area contributed by atoms with Crippen molar-refractivity contribution in [2.24, 2.45) is 0 Å². The molecule has 3 rings (SSSR count). The molecular formula is C38H60ClN3O4S. The van der Waals surface area contributed by atoms with Gasteiger partial charge in [0, 0.05) is 30.5 Å². The van der Waals surface area contributed by atoms with Crippen molar-refractivity contribution >= 4 is 21.9 Å². The van der Waals surface area contributed by atoms with Gasteiger partial charge in [-0.3, -0.25) is 0 Å². The second-order valence-corrected chi connectivity index (χ2v) is 14.0. The van der Waals surface area contributed by atoms with Crippen LogP contribution in [0.3, 0.4) is 0 Å². The number of fused-ring (bicyclic) bond motifs is 1. The minimum absolute atomic E-state index is 0. The molecule has 2 heterocycles. The molecule has 0 spiro atoms. The Morgan fingerprint density at radius 3 is 1.94 bits per heavy atom. The molecule has 0 saturated carbocycles. The van der Waals surface area contributed by atoms with E-state index in [1.807, 2.05) is 12.1 Å². The first-order valence-corrected chi connectivity index (χ1v) is 19.6. The minimum Gasteiger partial charge on any atom is -1.00 e. The second-order valence-electron chi connectivity index (χ2n) is 12.4. The van der Waals surface area contributed by atoms with E-state index in [-0.39, 0.29) is 18.5 Å². The zero-order valence-electron chi connectivity index (χ0n) is 28.9. The Morgan fingerprint density at radius 2 is 1.30 bits per heavy atom. The highest BCUT2D eigenvalue weighted by Crippen LogP contribution is 2.14. The molecule has 0 amide bonds. The van der Waals surface area contributed by atoms with Crippen molar-refractivity contribution in [1.82, 2.24) is 9.97 Å². The fraction of sp³-hybridized carbons (Fsp3) is 0.658. The number of benzene rings is 1. The molecule has 264 valence electrons. The molecule has 0 aliphatic heterocycles. The average Bonchev–Trinajstić information content (AvgIpc) is 3.08. The molecule has 0 aliphatic carbocycles. The highest BCUT2D eigenvalue weighted by atomic mass is 35.5. The lowest BCUT2D eigenvalue weighted by Gasteiger charge is -2.20. The quantitative estimate of drug-likeness (QED) is 0.0551. The molecule has 0 bridgehead atoms. The van der Waals surface area contributed by atoms with Gasteiger partial charge < -0.3 is 31.2 Å². The van der Waals surface area contributed by atoms with Gasteiger partial charge in [0.05, 0.1) is 13.2 Å². The summed E-state index contributed by atoms with van der Waals surface area (Å²) in [6.45, 7) is 5.11. The smallest absolute Gasteiger partial charge is 0.316 e. The van der Waals surface area contributed by atoms with Gasteiger partial charge >= 0.3 is 6.01 Å². The lowest BCUT2D eigenvalue weighted by atomic mass is 10.0. The van der Waals surface area contributed by atoms with Gasteiger partial charge in [-0.1, -0.05) is 121 Å². The summed E-state index contributed by atoms with van der Waals surface area (Å²) in [5.74, 6) is 0.816. The Morgan fingerprint density at radius 1 is 0.702 bits per heavy atom. The van der Waals surface area contributed by atoms with E-state index in [9.17, 15) is 4.55 Å². The standard InChI is InChI=1S/C38H60N3O4S.ClH/c1-2-3-4-5-6-7-8-9-10-11-12-13-14-15-16-19-28-44-33-37(45-38-39-24-20-25-40-38)34-46(42)31-30-43-29-27-41-26-23-35-21-17-18-22-36(35)32-41;/h17-18,20-26,32,37H,2-16,19,27-31,33-34H2,1H3;1H/q+1;/p-1. The number of pyridine rings is 1. The molecule has 2 atom stereocenters. The number of rotatable bonds is 29. The minimum atomic E-state index is -1.10. The number of ether oxygens (including phenoxy) is 3. The van der Waals surface area contributed by atoms with Crippen molar-refractivity contribution in [3.05, 3.63) is 61.2 Å². The average molecular weight is 690 g/mol. The van der Waals surface area contributed by atoms with E-state index in [0.29, 0.717) is 43.9 Å². The van der Waals surface area contributed by atoms with Crippen LogP contribution in [0.5, 0.6) is 6.01 Å². The summed E-state index contributed by atoms with van der Waals surface area (Å²) in [5, 5.41) is 2.43. The van der Waals surface area contributed by atoms with Crippen LogP contribution >= 0.6 is 0 Å². The molecule has 0 fully saturated rings. The Bertz CT molecular complexity index is 1150. The number of hydrogen-bond donors (Lipinski definition) is 0. The van der Waals surface area contributed by atoms with Crippen LogP contribution < -0.4 is 21.7 Å². The zero-order valence-corrected chi connectivity index (χ0v) is 30.4. The van der Waals surface area contributed by atoms with Crippen LogP contribution in [0.25, 0.3) is 10.8 Å². The summed E-state index contributed by atoms with van der Waals surface area (Å²) in [4.78, 5) is 8.35. The predicted molar refractivity (Wildman–Crippen MR) is 190 cm³/mol. The molecule has 1 aromatic carbocycles. The molecule has 3 aromatic rings. The van der Waals surface area contributed by atoms with E-state index >= 15 is 0 Å². The maximum atomic E-state index is 12.9. The first-order chi connectivity index (χ1) is 22.7. The summed E-state index contributed by atoms with van der Waals surface area (Å²) in [5.41, 5.74) is 0. The number of halogens is 1. The van der Waals surface area contributed by atoms with Crippen molar-refractivity contribution in [3.8, 4) is 6.01 Å². The topological polar surface area (TPSA) is 80.4 Å². The van der Waals surface area contributed by atoms with Crippen LogP contribution in [0.15, 0.2) is 61.2 Å². The molecule has 7 nitrogen and oxygen atoms in total. The molecule has 0 aliphatic rings. The van der Waals surface area contributed by atoms with Crippen LogP contribution in [-0.4, -0.2) is 58.6 Å². The predicted octanol–water partition coefficient (Wildman–Crippen LogP) is 5.41. The zero-order chi connectivity index (χ0) is 32.3. The molecule has 2 unspecified atom stereocenters. The third-order valence-electron chi connectivity index (χ3n) is 8.33. The third-order valence-corrected chi connectivity index (χ3v) is 9.69. The van der Waals surface area contributed by atoms with E-state index in [4.69, 9.17) is 14.2 Å². The lowest BCUT2D eigenvalue weighted by Crippen LogP contribution is -3.00. The summed E-state index contributed by atoms with van der Waals surface area (Å²) in [6, 6.07) is 12.5. The monoisotopic (exact) mass is 689 g/mol. The largest absolute Gasteiger partial charge is 1.00 e. The van der Waals surface area contributed by atoms with Crippen molar-refractivity contribution < 1.29 is 35.7 Å². The van der Waals surface area contributed by atoms with Gasteiger partial charge in [0.2, 0.25) is 0 Å². The summed E-state index contributed by atoms with van der Waals surface area (Å²) < 4.78 is 32.7. The van der Waals surface area contributed by atoms with Gasteiger partial charge in [0.25, 0.3) is 0 Å². The van der Waals surface area contributed by atoms with Crippen molar-refractivity contribution in [2.75, 3.05) is 37.9 Å². The van der Waals surface area contributed by atoms with Crippen molar-refractivity contribution in [1.29, 1.82) is 0 Å². The Hall–Kier alpha value is -1.97. The van der Waals surface area contributed by atoms with E-state index < -0.39 is 11.2 Å². The van der Waals surface area contributed by atoms with E-state index in [1.54, 1.807) is 18.5 Å². The number of unbranched alkanes of at least 4 members (excludes halogenated alkanes) is 15. The van der Waals surface area contributed by atoms with Gasteiger partial charge in [0.15, 0.2) is 25.0 Å². The normalized spacial score (nSPS) is 12.6. The van der Waals surface area contributed by atoms with Crippen LogP contribution in [0.1, 0.15) is 110 Å². The van der Waals surface area contributed by atoms with Crippen molar-refractivity contribution in [3.63, 3.8) is 0 Å². The second kappa shape index (κ2) is 27.9. The van der Waals surface area contributed by atoms with Gasteiger partial charge in [-0.15, -0.1) is 0 Å². The molecule has 0 radical (unpaired) electrons. The van der Waals surface area contributed by atoms with E-state index in [2.05, 4.69) is 52.1 Å². The Balaban J connectivity index is 0.00000768. The van der Waals surface area contributed by atoms with Crippen LogP contribution in [0, 0.1) is 0 Å². The van der Waals surface area contributed by atoms with E-state index in [1.165, 1.54) is 107 Å². The third kappa shape index (κ3) is 20.2. The van der Waals surface area contributed by atoms with Gasteiger partial charge in [-0.05, 0) is 35.1 Å². The molecule has 2 aromatic heterocycles. The number of hydrogen-bond acceptors (Lipinski definition) is 6.